The van der Waals surface area contributed by atoms with Gasteiger partial charge in [-0.05, 0) is 30.9 Å². The van der Waals surface area contributed by atoms with Gasteiger partial charge in [0, 0.05) is 5.56 Å². The molecule has 0 radical (unpaired) electrons. The molecule has 1 aromatic carbocycles. The molecule has 0 aromatic heterocycles. The first-order valence-corrected chi connectivity index (χ1v) is 5.01. The maximum atomic E-state index is 13.4. The van der Waals surface area contributed by atoms with E-state index in [0.717, 1.165) is 12.5 Å². The molecule has 1 atom stereocenters. The maximum Gasteiger partial charge on any atom is 0.166 e. The van der Waals surface area contributed by atoms with E-state index in [2.05, 4.69) is 0 Å². The molecule has 1 aliphatic carbocycles. The Balaban J connectivity index is 2.41. The molecule has 1 aliphatic rings. The van der Waals surface area contributed by atoms with Gasteiger partial charge in [0.1, 0.15) is 0 Å². The van der Waals surface area contributed by atoms with E-state index in [1.54, 1.807) is 12.1 Å². The van der Waals surface area contributed by atoms with E-state index >= 15 is 0 Å². The van der Waals surface area contributed by atoms with Gasteiger partial charge in [-0.25, -0.2) is 8.78 Å². The summed E-state index contributed by atoms with van der Waals surface area (Å²) in [7, 11) is 0. The van der Waals surface area contributed by atoms with Crippen LogP contribution in [0.25, 0.3) is 5.57 Å². The van der Waals surface area contributed by atoms with Crippen LogP contribution in [0.3, 0.4) is 0 Å². The number of benzene rings is 1. The maximum absolute atomic E-state index is 13.4. The van der Waals surface area contributed by atoms with Gasteiger partial charge in [-0.3, -0.25) is 0 Å². The topological polar surface area (TPSA) is 20.2 Å². The third-order valence-electron chi connectivity index (χ3n) is 2.64. The van der Waals surface area contributed by atoms with Crippen LogP contribution in [-0.4, -0.2) is 11.2 Å². The molecule has 1 nitrogen and oxygen atoms in total. The van der Waals surface area contributed by atoms with Crippen LogP contribution in [0.5, 0.6) is 0 Å². The Hall–Kier alpha value is -1.22. The van der Waals surface area contributed by atoms with Gasteiger partial charge in [0.2, 0.25) is 0 Å². The van der Waals surface area contributed by atoms with Gasteiger partial charge in [-0.15, -0.1) is 0 Å². The Kier molecular flexibility index (Phi) is 2.82. The number of rotatable bonds is 1. The summed E-state index contributed by atoms with van der Waals surface area (Å²) < 4.78 is 26.4. The zero-order valence-electron chi connectivity index (χ0n) is 8.21. The summed E-state index contributed by atoms with van der Waals surface area (Å²) in [6, 6.07) is 4.12. The van der Waals surface area contributed by atoms with Crippen LogP contribution in [0.2, 0.25) is 0 Å². The van der Waals surface area contributed by atoms with Gasteiger partial charge in [0.05, 0.1) is 6.10 Å². The summed E-state index contributed by atoms with van der Waals surface area (Å²) in [5.41, 5.74) is 0.972. The summed E-state index contributed by atoms with van der Waals surface area (Å²) in [5, 5.41) is 9.41. The Bertz CT molecular complexity index is 399. The fraction of sp³-hybridized carbons (Fsp3) is 0.333. The van der Waals surface area contributed by atoms with E-state index < -0.39 is 17.7 Å². The summed E-state index contributed by atoms with van der Waals surface area (Å²) in [6.07, 6.45) is 3.28. The molecule has 1 aromatic rings. The summed E-state index contributed by atoms with van der Waals surface area (Å²) >= 11 is 0. The fourth-order valence-corrected chi connectivity index (χ4v) is 1.88. The first-order chi connectivity index (χ1) is 7.18. The average molecular weight is 210 g/mol. The third-order valence-corrected chi connectivity index (χ3v) is 2.64. The molecule has 0 saturated carbocycles. The van der Waals surface area contributed by atoms with Crippen molar-refractivity contribution < 1.29 is 13.9 Å². The Morgan fingerprint density at radius 3 is 2.80 bits per heavy atom. The molecule has 2 rings (SSSR count). The molecular formula is C12H12F2O. The first-order valence-electron chi connectivity index (χ1n) is 5.01. The lowest BCUT2D eigenvalue weighted by molar-refractivity contribution is 0.206. The number of allylic oxidation sites excluding steroid dienone is 1. The second kappa shape index (κ2) is 4.11. The molecule has 0 fully saturated rings. The van der Waals surface area contributed by atoms with Crippen molar-refractivity contribution in [1.82, 2.24) is 0 Å². The van der Waals surface area contributed by atoms with Crippen molar-refractivity contribution in [2.45, 2.75) is 25.4 Å². The molecule has 80 valence electrons. The monoisotopic (exact) mass is 210 g/mol. The normalized spacial score (nSPS) is 21.3. The SMILES string of the molecule is OC1C=C(c2cccc(F)c2F)CCC1. The minimum atomic E-state index is -0.839. The average Bonchev–Trinajstić information content (AvgIpc) is 2.22. The molecule has 1 N–H and O–H groups in total. The first kappa shape index (κ1) is 10.3. The van der Waals surface area contributed by atoms with Gasteiger partial charge >= 0.3 is 0 Å². The Morgan fingerprint density at radius 2 is 2.07 bits per heavy atom. The van der Waals surface area contributed by atoms with Crippen LogP contribution < -0.4 is 0 Å². The number of hydrogen-bond donors (Lipinski definition) is 1. The van der Waals surface area contributed by atoms with E-state index in [-0.39, 0.29) is 5.56 Å². The van der Waals surface area contributed by atoms with Crippen LogP contribution in [0, 0.1) is 11.6 Å². The molecule has 0 amide bonds. The van der Waals surface area contributed by atoms with Gasteiger partial charge in [0.15, 0.2) is 11.6 Å². The lowest BCUT2D eigenvalue weighted by atomic mass is 9.92. The quantitative estimate of drug-likeness (QED) is 0.755. The van der Waals surface area contributed by atoms with Crippen LogP contribution in [-0.2, 0) is 0 Å². The number of aliphatic hydroxyl groups is 1. The van der Waals surface area contributed by atoms with Crippen molar-refractivity contribution in [2.75, 3.05) is 0 Å². The van der Waals surface area contributed by atoms with E-state index in [1.165, 1.54) is 6.07 Å². The predicted octanol–water partition coefficient (Wildman–Crippen LogP) is 2.89. The molecule has 0 aliphatic heterocycles. The van der Waals surface area contributed by atoms with Gasteiger partial charge in [-0.1, -0.05) is 18.2 Å². The molecule has 3 heteroatoms. The Labute approximate surface area is 87.1 Å². The lowest BCUT2D eigenvalue weighted by Crippen LogP contribution is -2.09. The minimum Gasteiger partial charge on any atom is -0.389 e. The number of aliphatic hydroxyl groups excluding tert-OH is 1. The summed E-state index contributed by atoms with van der Waals surface area (Å²) in [6.45, 7) is 0. The van der Waals surface area contributed by atoms with Crippen LogP contribution in [0.15, 0.2) is 24.3 Å². The van der Waals surface area contributed by atoms with E-state index in [1.807, 2.05) is 0 Å². The Morgan fingerprint density at radius 1 is 1.27 bits per heavy atom. The van der Waals surface area contributed by atoms with Crippen molar-refractivity contribution in [3.8, 4) is 0 Å². The van der Waals surface area contributed by atoms with Gasteiger partial charge < -0.3 is 5.11 Å². The van der Waals surface area contributed by atoms with E-state index in [9.17, 15) is 13.9 Å². The molecular weight excluding hydrogens is 198 g/mol. The van der Waals surface area contributed by atoms with Crippen molar-refractivity contribution >= 4 is 5.57 Å². The highest BCUT2D eigenvalue weighted by Gasteiger charge is 2.16. The predicted molar refractivity (Wildman–Crippen MR) is 54.2 cm³/mol. The third kappa shape index (κ3) is 2.07. The minimum absolute atomic E-state index is 0.272. The standard InChI is InChI=1S/C12H12F2O/c13-11-6-2-5-10(12(11)14)8-3-1-4-9(15)7-8/h2,5-7,9,15H,1,3-4H2. The van der Waals surface area contributed by atoms with Crippen molar-refractivity contribution in [3.63, 3.8) is 0 Å². The highest BCUT2D eigenvalue weighted by atomic mass is 19.2. The van der Waals surface area contributed by atoms with Crippen molar-refractivity contribution in [3.05, 3.63) is 41.5 Å². The molecule has 0 bridgehead atoms. The van der Waals surface area contributed by atoms with Crippen molar-refractivity contribution in [1.29, 1.82) is 0 Å². The van der Waals surface area contributed by atoms with Gasteiger partial charge in [0.25, 0.3) is 0 Å². The molecule has 0 saturated heterocycles. The molecule has 1 unspecified atom stereocenters. The van der Waals surface area contributed by atoms with Crippen LogP contribution in [0.4, 0.5) is 8.78 Å². The van der Waals surface area contributed by atoms with Crippen LogP contribution >= 0.6 is 0 Å². The highest BCUT2D eigenvalue weighted by Crippen LogP contribution is 2.29. The van der Waals surface area contributed by atoms with Gasteiger partial charge in [-0.2, -0.15) is 0 Å². The summed E-state index contributed by atoms with van der Waals surface area (Å²) in [5.74, 6) is -1.66. The second-order valence-electron chi connectivity index (χ2n) is 3.75. The largest absolute Gasteiger partial charge is 0.389 e. The number of hydrogen-bond acceptors (Lipinski definition) is 1. The van der Waals surface area contributed by atoms with Crippen LogP contribution in [0.1, 0.15) is 24.8 Å². The second-order valence-corrected chi connectivity index (χ2v) is 3.75. The molecule has 0 heterocycles. The van der Waals surface area contributed by atoms with E-state index in [4.69, 9.17) is 0 Å². The van der Waals surface area contributed by atoms with E-state index in [0.29, 0.717) is 18.4 Å². The smallest absolute Gasteiger partial charge is 0.166 e. The van der Waals surface area contributed by atoms with Crippen molar-refractivity contribution in [2.24, 2.45) is 0 Å². The lowest BCUT2D eigenvalue weighted by Gasteiger charge is -2.17. The zero-order valence-corrected chi connectivity index (χ0v) is 8.21. The summed E-state index contributed by atoms with van der Waals surface area (Å²) in [4.78, 5) is 0. The number of halogens is 2. The molecule has 15 heavy (non-hydrogen) atoms. The zero-order chi connectivity index (χ0) is 10.8. The highest BCUT2D eigenvalue weighted by molar-refractivity contribution is 5.67. The molecule has 0 spiro atoms. The fourth-order valence-electron chi connectivity index (χ4n) is 1.88.